The summed E-state index contributed by atoms with van der Waals surface area (Å²) in [7, 11) is 0. The summed E-state index contributed by atoms with van der Waals surface area (Å²) in [4.78, 5) is 24.2. The van der Waals surface area contributed by atoms with E-state index in [2.05, 4.69) is 10.5 Å². The van der Waals surface area contributed by atoms with Crippen LogP contribution in [0.1, 0.15) is 28.4 Å². The van der Waals surface area contributed by atoms with Gasteiger partial charge >= 0.3 is 5.97 Å². The molecule has 0 aliphatic rings. The molecule has 0 fully saturated rings. The highest BCUT2D eigenvalue weighted by atomic mass is 19.1. The molecule has 1 amide bonds. The number of carbonyl (C=O) groups is 2. The number of benzene rings is 3. The third kappa shape index (κ3) is 7.17. The summed E-state index contributed by atoms with van der Waals surface area (Å²) in [5.74, 6) is -0.379. The number of hydrogen-bond donors (Lipinski definition) is 1. The van der Waals surface area contributed by atoms with Crippen molar-refractivity contribution in [1.29, 1.82) is 0 Å². The Morgan fingerprint density at radius 1 is 0.970 bits per heavy atom. The molecular formula is C25H23FN2O5. The molecule has 0 aliphatic heterocycles. The molecule has 33 heavy (non-hydrogen) atoms. The fraction of sp³-hybridized carbons (Fsp3) is 0.160. The van der Waals surface area contributed by atoms with Gasteiger partial charge in [0.15, 0.2) is 18.1 Å². The van der Waals surface area contributed by atoms with E-state index in [0.717, 1.165) is 5.56 Å². The van der Waals surface area contributed by atoms with Crippen LogP contribution < -0.4 is 19.6 Å². The zero-order chi connectivity index (χ0) is 23.6. The molecule has 7 nitrogen and oxygen atoms in total. The van der Waals surface area contributed by atoms with Crippen molar-refractivity contribution >= 4 is 18.1 Å². The molecule has 3 rings (SSSR count). The maximum atomic E-state index is 13.1. The number of carbonyl (C=O) groups excluding carboxylic acids is 2. The number of nitrogens with one attached hydrogen (secondary N) is 1. The van der Waals surface area contributed by atoms with Crippen molar-refractivity contribution in [1.82, 2.24) is 5.43 Å². The Kier molecular flexibility index (Phi) is 8.13. The molecule has 0 heterocycles. The monoisotopic (exact) mass is 450 g/mol. The maximum Gasteiger partial charge on any atom is 0.343 e. The summed E-state index contributed by atoms with van der Waals surface area (Å²) < 4.78 is 29.4. The zero-order valence-corrected chi connectivity index (χ0v) is 18.2. The molecule has 0 atom stereocenters. The van der Waals surface area contributed by atoms with Crippen LogP contribution in [0.2, 0.25) is 0 Å². The highest BCUT2D eigenvalue weighted by molar-refractivity contribution is 5.91. The summed E-state index contributed by atoms with van der Waals surface area (Å²) >= 11 is 0. The van der Waals surface area contributed by atoms with Crippen LogP contribution in [-0.2, 0) is 4.79 Å². The average molecular weight is 450 g/mol. The normalized spacial score (nSPS) is 10.6. The van der Waals surface area contributed by atoms with E-state index in [1.54, 1.807) is 37.3 Å². The molecule has 0 radical (unpaired) electrons. The third-order valence-electron chi connectivity index (χ3n) is 4.34. The predicted octanol–water partition coefficient (Wildman–Crippen LogP) is 4.28. The Morgan fingerprint density at radius 2 is 1.70 bits per heavy atom. The number of nitrogens with zero attached hydrogens (tertiary/aromatic N) is 1. The van der Waals surface area contributed by atoms with Crippen LogP contribution in [-0.4, -0.2) is 31.3 Å². The molecule has 0 saturated carbocycles. The first-order valence-electron chi connectivity index (χ1n) is 10.2. The summed E-state index contributed by atoms with van der Waals surface area (Å²) in [6.45, 7) is 3.92. The molecule has 170 valence electrons. The van der Waals surface area contributed by atoms with Gasteiger partial charge < -0.3 is 14.2 Å². The predicted molar refractivity (Wildman–Crippen MR) is 121 cm³/mol. The van der Waals surface area contributed by atoms with Gasteiger partial charge in [0.2, 0.25) is 0 Å². The number of aryl methyl sites for hydroxylation is 1. The number of esters is 1. The van der Waals surface area contributed by atoms with Gasteiger partial charge in [-0.05, 0) is 74.0 Å². The van der Waals surface area contributed by atoms with Crippen LogP contribution in [0.25, 0.3) is 0 Å². The largest absolute Gasteiger partial charge is 0.490 e. The Balaban J connectivity index is 1.58. The number of amides is 1. The highest BCUT2D eigenvalue weighted by Crippen LogP contribution is 2.29. The minimum absolute atomic E-state index is 0.178. The Bertz CT molecular complexity index is 1130. The first kappa shape index (κ1) is 23.5. The lowest BCUT2D eigenvalue weighted by atomic mass is 10.2. The van der Waals surface area contributed by atoms with E-state index in [4.69, 9.17) is 14.2 Å². The molecule has 3 aromatic rings. The zero-order valence-electron chi connectivity index (χ0n) is 18.2. The molecule has 1 N–H and O–H groups in total. The first-order chi connectivity index (χ1) is 15.9. The van der Waals surface area contributed by atoms with Crippen LogP contribution in [0, 0.1) is 12.7 Å². The maximum absolute atomic E-state index is 13.1. The lowest BCUT2D eigenvalue weighted by molar-refractivity contribution is -0.123. The van der Waals surface area contributed by atoms with Crippen molar-refractivity contribution in [2.75, 3.05) is 13.2 Å². The standard InChI is InChI=1S/C25H23FN2O5/c1-3-31-23-14-18(6-13-22(23)33-25(30)19-7-9-20(26)10-8-19)15-27-28-24(29)16-32-21-11-4-17(2)5-12-21/h4-15H,3,16H2,1-2H3,(H,28,29). The SMILES string of the molecule is CCOc1cc(C=NNC(=O)COc2ccc(C)cc2)ccc1OC(=O)c1ccc(F)cc1. The van der Waals surface area contributed by atoms with Gasteiger partial charge in [-0.2, -0.15) is 5.10 Å². The number of ether oxygens (including phenoxy) is 3. The van der Waals surface area contributed by atoms with Crippen molar-refractivity contribution < 1.29 is 28.2 Å². The average Bonchev–Trinajstić information content (AvgIpc) is 2.81. The molecule has 0 bridgehead atoms. The van der Waals surface area contributed by atoms with E-state index in [1.807, 2.05) is 19.1 Å². The summed E-state index contributed by atoms with van der Waals surface area (Å²) in [5.41, 5.74) is 4.30. The molecule has 8 heteroatoms. The second-order valence-corrected chi connectivity index (χ2v) is 6.93. The molecule has 0 aromatic heterocycles. The van der Waals surface area contributed by atoms with E-state index < -0.39 is 17.7 Å². The van der Waals surface area contributed by atoms with Gasteiger partial charge in [0.1, 0.15) is 11.6 Å². The minimum atomic E-state index is -0.641. The van der Waals surface area contributed by atoms with Crippen molar-refractivity contribution in [3.63, 3.8) is 0 Å². The topological polar surface area (TPSA) is 86.2 Å². The molecule has 0 aliphatic carbocycles. The van der Waals surface area contributed by atoms with Crippen molar-refractivity contribution in [2.24, 2.45) is 5.10 Å². The number of hydrogen-bond acceptors (Lipinski definition) is 6. The summed E-state index contributed by atoms with van der Waals surface area (Å²) in [5, 5.41) is 3.91. The van der Waals surface area contributed by atoms with Crippen LogP contribution in [0.3, 0.4) is 0 Å². The highest BCUT2D eigenvalue weighted by Gasteiger charge is 2.13. The van der Waals surface area contributed by atoms with Crippen LogP contribution >= 0.6 is 0 Å². The van der Waals surface area contributed by atoms with Gasteiger partial charge in [0.05, 0.1) is 18.4 Å². The van der Waals surface area contributed by atoms with E-state index in [9.17, 15) is 14.0 Å². The fourth-order valence-corrected chi connectivity index (χ4v) is 2.70. The fourth-order valence-electron chi connectivity index (χ4n) is 2.70. The molecule has 0 saturated heterocycles. The first-order valence-corrected chi connectivity index (χ1v) is 10.2. The molecule has 0 unspecified atom stereocenters. The lowest BCUT2D eigenvalue weighted by Crippen LogP contribution is -2.24. The molecule has 0 spiro atoms. The van der Waals surface area contributed by atoms with Gasteiger partial charge in [-0.25, -0.2) is 14.6 Å². The van der Waals surface area contributed by atoms with E-state index in [1.165, 1.54) is 30.5 Å². The van der Waals surface area contributed by atoms with E-state index >= 15 is 0 Å². The Morgan fingerprint density at radius 3 is 2.39 bits per heavy atom. The number of hydrazone groups is 1. The summed E-state index contributed by atoms with van der Waals surface area (Å²) in [6, 6.07) is 17.2. The van der Waals surface area contributed by atoms with Gasteiger partial charge in [-0.1, -0.05) is 17.7 Å². The third-order valence-corrected chi connectivity index (χ3v) is 4.34. The van der Waals surface area contributed by atoms with Gasteiger partial charge in [-0.3, -0.25) is 4.79 Å². The Hall–Kier alpha value is -4.20. The van der Waals surface area contributed by atoms with Gasteiger partial charge in [0.25, 0.3) is 5.91 Å². The second kappa shape index (κ2) is 11.4. The van der Waals surface area contributed by atoms with Crippen LogP contribution in [0.5, 0.6) is 17.2 Å². The van der Waals surface area contributed by atoms with Crippen molar-refractivity contribution in [2.45, 2.75) is 13.8 Å². The van der Waals surface area contributed by atoms with E-state index in [0.29, 0.717) is 23.7 Å². The molecule has 3 aromatic carbocycles. The lowest BCUT2D eigenvalue weighted by Gasteiger charge is -2.11. The Labute approximate surface area is 190 Å². The van der Waals surface area contributed by atoms with Crippen LogP contribution in [0.15, 0.2) is 71.8 Å². The van der Waals surface area contributed by atoms with Crippen LogP contribution in [0.4, 0.5) is 4.39 Å². The van der Waals surface area contributed by atoms with Gasteiger partial charge in [-0.15, -0.1) is 0 Å². The second-order valence-electron chi connectivity index (χ2n) is 6.93. The number of rotatable bonds is 9. The smallest absolute Gasteiger partial charge is 0.343 e. The molecular weight excluding hydrogens is 427 g/mol. The number of halogens is 1. The van der Waals surface area contributed by atoms with Crippen molar-refractivity contribution in [3.8, 4) is 17.2 Å². The minimum Gasteiger partial charge on any atom is -0.490 e. The van der Waals surface area contributed by atoms with Crippen molar-refractivity contribution in [3.05, 3.63) is 89.2 Å². The quantitative estimate of drug-likeness (QED) is 0.228. The van der Waals surface area contributed by atoms with Gasteiger partial charge in [0, 0.05) is 0 Å². The van der Waals surface area contributed by atoms with E-state index in [-0.39, 0.29) is 17.9 Å². The summed E-state index contributed by atoms with van der Waals surface area (Å²) in [6.07, 6.45) is 1.43.